The Hall–Kier alpha value is -2.35. The van der Waals surface area contributed by atoms with Gasteiger partial charge in [-0.15, -0.1) is 0 Å². The molecule has 2 aromatic carbocycles. The second-order valence-electron chi connectivity index (χ2n) is 5.05. The van der Waals surface area contributed by atoms with Crippen LogP contribution in [0.1, 0.15) is 24.5 Å². The molecule has 108 valence electrons. The average Bonchev–Trinajstić information content (AvgIpc) is 2.54. The van der Waals surface area contributed by atoms with E-state index >= 15 is 0 Å². The van der Waals surface area contributed by atoms with Crippen molar-refractivity contribution in [3.63, 3.8) is 0 Å². The highest BCUT2D eigenvalue weighted by atomic mass is 16.1. The van der Waals surface area contributed by atoms with Crippen LogP contribution in [0.5, 0.6) is 0 Å². The molecule has 2 aromatic rings. The maximum Gasteiger partial charge on any atom is 0.244 e. The van der Waals surface area contributed by atoms with Gasteiger partial charge in [-0.3, -0.25) is 4.79 Å². The van der Waals surface area contributed by atoms with Crippen LogP contribution in [0.4, 0.5) is 0 Å². The van der Waals surface area contributed by atoms with Gasteiger partial charge in [0.1, 0.15) is 0 Å². The Morgan fingerprint density at radius 1 is 1.05 bits per heavy atom. The molecule has 0 radical (unpaired) electrons. The number of amides is 1. The minimum absolute atomic E-state index is 0.0402. The topological polar surface area (TPSA) is 29.1 Å². The predicted molar refractivity (Wildman–Crippen MR) is 87.8 cm³/mol. The van der Waals surface area contributed by atoms with Gasteiger partial charge < -0.3 is 5.32 Å². The van der Waals surface area contributed by atoms with Gasteiger partial charge >= 0.3 is 0 Å². The number of benzene rings is 2. The largest absolute Gasteiger partial charge is 0.349 e. The van der Waals surface area contributed by atoms with Crippen molar-refractivity contribution in [2.75, 3.05) is 0 Å². The minimum atomic E-state index is -0.0402. The van der Waals surface area contributed by atoms with Crippen LogP contribution >= 0.6 is 0 Å². The van der Waals surface area contributed by atoms with Gasteiger partial charge in [-0.1, -0.05) is 67.6 Å². The number of rotatable bonds is 6. The summed E-state index contributed by atoms with van der Waals surface area (Å²) in [6, 6.07) is 20.2. The summed E-state index contributed by atoms with van der Waals surface area (Å²) in [4.78, 5) is 12.0. The summed E-state index contributed by atoms with van der Waals surface area (Å²) in [5.74, 6) is -0.0402. The smallest absolute Gasteiger partial charge is 0.244 e. The Morgan fingerprint density at radius 3 is 2.29 bits per heavy atom. The van der Waals surface area contributed by atoms with Crippen molar-refractivity contribution in [1.82, 2.24) is 5.32 Å². The second-order valence-corrected chi connectivity index (χ2v) is 5.05. The van der Waals surface area contributed by atoms with E-state index in [2.05, 4.69) is 24.4 Å². The van der Waals surface area contributed by atoms with Crippen LogP contribution in [0, 0.1) is 0 Å². The number of hydrogen-bond donors (Lipinski definition) is 1. The van der Waals surface area contributed by atoms with Crippen molar-refractivity contribution < 1.29 is 4.79 Å². The van der Waals surface area contributed by atoms with E-state index in [1.165, 1.54) is 5.56 Å². The molecule has 2 heteroatoms. The lowest BCUT2D eigenvalue weighted by Gasteiger charge is -2.15. The fourth-order valence-electron chi connectivity index (χ4n) is 2.18. The summed E-state index contributed by atoms with van der Waals surface area (Å²) >= 11 is 0. The first-order valence-corrected chi connectivity index (χ1v) is 7.35. The molecule has 0 aromatic heterocycles. The molecule has 0 heterocycles. The molecule has 0 aliphatic rings. The van der Waals surface area contributed by atoms with E-state index < -0.39 is 0 Å². The first-order valence-electron chi connectivity index (χ1n) is 7.35. The Kier molecular flexibility index (Phi) is 5.77. The molecule has 0 aliphatic heterocycles. The first kappa shape index (κ1) is 15.0. The maximum absolute atomic E-state index is 12.0. The quantitative estimate of drug-likeness (QED) is 0.800. The molecule has 0 bridgehead atoms. The van der Waals surface area contributed by atoms with Crippen molar-refractivity contribution in [3.8, 4) is 0 Å². The molecule has 21 heavy (non-hydrogen) atoms. The van der Waals surface area contributed by atoms with Crippen molar-refractivity contribution in [3.05, 3.63) is 77.9 Å². The maximum atomic E-state index is 12.0. The zero-order valence-corrected chi connectivity index (χ0v) is 12.3. The standard InChI is InChI=1S/C19H21NO/c1-2-18(15-17-11-7-4-8-12-17)20-19(21)14-13-16-9-5-3-6-10-16/h3-14,18H,2,15H2,1H3,(H,20,21)/t18-/m0/s1. The van der Waals surface area contributed by atoms with E-state index in [9.17, 15) is 4.79 Å². The van der Waals surface area contributed by atoms with Crippen molar-refractivity contribution in [2.45, 2.75) is 25.8 Å². The van der Waals surface area contributed by atoms with E-state index in [0.717, 1.165) is 18.4 Å². The highest BCUT2D eigenvalue weighted by Gasteiger charge is 2.09. The number of nitrogens with one attached hydrogen (secondary N) is 1. The molecule has 2 nitrogen and oxygen atoms in total. The van der Waals surface area contributed by atoms with E-state index in [4.69, 9.17) is 0 Å². The van der Waals surface area contributed by atoms with Crippen LogP contribution in [0.15, 0.2) is 66.7 Å². The molecule has 0 fully saturated rings. The van der Waals surface area contributed by atoms with E-state index in [1.54, 1.807) is 6.08 Å². The first-order chi connectivity index (χ1) is 10.3. The Bertz CT molecular complexity index is 575. The lowest BCUT2D eigenvalue weighted by molar-refractivity contribution is -0.117. The number of hydrogen-bond acceptors (Lipinski definition) is 1. The summed E-state index contributed by atoms with van der Waals surface area (Å²) in [6.45, 7) is 2.09. The zero-order chi connectivity index (χ0) is 14.9. The molecule has 1 amide bonds. The molecule has 1 N–H and O–H groups in total. The van der Waals surface area contributed by atoms with Gasteiger partial charge in [0.05, 0.1) is 0 Å². The molecule has 0 aliphatic carbocycles. The lowest BCUT2D eigenvalue weighted by atomic mass is 10.0. The van der Waals surface area contributed by atoms with E-state index in [1.807, 2.05) is 54.6 Å². The third-order valence-electron chi connectivity index (χ3n) is 3.39. The predicted octanol–water partition coefficient (Wildman–Crippen LogP) is 3.84. The third kappa shape index (κ3) is 5.27. The van der Waals surface area contributed by atoms with Crippen LogP contribution in [-0.4, -0.2) is 11.9 Å². The van der Waals surface area contributed by atoms with Gasteiger partial charge in [0.2, 0.25) is 5.91 Å². The normalized spacial score (nSPS) is 12.2. The van der Waals surface area contributed by atoms with Crippen molar-refractivity contribution in [2.24, 2.45) is 0 Å². The SMILES string of the molecule is CC[C@@H](Cc1ccccc1)NC(=O)C=Cc1ccccc1. The Labute approximate surface area is 126 Å². The molecule has 0 unspecified atom stereocenters. The average molecular weight is 279 g/mol. The minimum Gasteiger partial charge on any atom is -0.349 e. The summed E-state index contributed by atoms with van der Waals surface area (Å²) in [5, 5.41) is 3.06. The van der Waals surface area contributed by atoms with Gasteiger partial charge in [0, 0.05) is 12.1 Å². The van der Waals surface area contributed by atoms with Crippen LogP contribution < -0.4 is 5.32 Å². The number of carbonyl (C=O) groups is 1. The van der Waals surface area contributed by atoms with Gasteiger partial charge in [-0.25, -0.2) is 0 Å². The van der Waals surface area contributed by atoms with Gasteiger partial charge in [-0.05, 0) is 30.0 Å². The lowest BCUT2D eigenvalue weighted by Crippen LogP contribution is -2.34. The highest BCUT2D eigenvalue weighted by molar-refractivity contribution is 5.91. The second kappa shape index (κ2) is 8.05. The molecule has 0 spiro atoms. The molecular weight excluding hydrogens is 258 g/mol. The van der Waals surface area contributed by atoms with Crippen molar-refractivity contribution in [1.29, 1.82) is 0 Å². The van der Waals surface area contributed by atoms with Crippen molar-refractivity contribution >= 4 is 12.0 Å². The van der Waals surface area contributed by atoms with Crippen LogP contribution in [-0.2, 0) is 11.2 Å². The van der Waals surface area contributed by atoms with E-state index in [0.29, 0.717) is 0 Å². The van der Waals surface area contributed by atoms with Gasteiger partial charge in [-0.2, -0.15) is 0 Å². The third-order valence-corrected chi connectivity index (χ3v) is 3.39. The molecule has 0 saturated carbocycles. The molecule has 0 saturated heterocycles. The zero-order valence-electron chi connectivity index (χ0n) is 12.3. The van der Waals surface area contributed by atoms with E-state index in [-0.39, 0.29) is 11.9 Å². The highest BCUT2D eigenvalue weighted by Crippen LogP contribution is 2.06. The monoisotopic (exact) mass is 279 g/mol. The summed E-state index contributed by atoms with van der Waals surface area (Å²) in [6.07, 6.45) is 5.22. The van der Waals surface area contributed by atoms with Gasteiger partial charge in [0.15, 0.2) is 0 Å². The van der Waals surface area contributed by atoms with Gasteiger partial charge in [0.25, 0.3) is 0 Å². The fourth-order valence-corrected chi connectivity index (χ4v) is 2.18. The van der Waals surface area contributed by atoms with Crippen LogP contribution in [0.2, 0.25) is 0 Å². The summed E-state index contributed by atoms with van der Waals surface area (Å²) in [5.41, 5.74) is 2.28. The summed E-state index contributed by atoms with van der Waals surface area (Å²) in [7, 11) is 0. The molecular formula is C19H21NO. The Morgan fingerprint density at radius 2 is 1.67 bits per heavy atom. The van der Waals surface area contributed by atoms with Crippen LogP contribution in [0.3, 0.4) is 0 Å². The Balaban J connectivity index is 1.89. The summed E-state index contributed by atoms with van der Waals surface area (Å²) < 4.78 is 0. The molecule has 2 rings (SSSR count). The molecule has 1 atom stereocenters. The van der Waals surface area contributed by atoms with Crippen LogP contribution in [0.25, 0.3) is 6.08 Å². The number of carbonyl (C=O) groups excluding carboxylic acids is 1. The fraction of sp³-hybridized carbons (Fsp3) is 0.211.